The molecule has 0 bridgehead atoms. The van der Waals surface area contributed by atoms with Gasteiger partial charge in [0.1, 0.15) is 6.10 Å². The highest BCUT2D eigenvalue weighted by Crippen LogP contribution is 2.34. The zero-order valence-electron chi connectivity index (χ0n) is 8.84. The topological polar surface area (TPSA) is 52.9 Å². The molecule has 4 nitrogen and oxygen atoms in total. The summed E-state index contributed by atoms with van der Waals surface area (Å²) >= 11 is 0. The summed E-state index contributed by atoms with van der Waals surface area (Å²) in [6.45, 7) is 2.02. The third-order valence-electron chi connectivity index (χ3n) is 3.02. The van der Waals surface area contributed by atoms with E-state index in [1.54, 1.807) is 7.05 Å². The molecule has 1 aliphatic rings. The number of hydrogen-bond acceptors (Lipinski definition) is 3. The molecule has 80 valence electrons. The largest absolute Gasteiger partial charge is 0.386 e. The van der Waals surface area contributed by atoms with Crippen molar-refractivity contribution in [3.8, 4) is 0 Å². The predicted molar refractivity (Wildman–Crippen MR) is 57.2 cm³/mol. The minimum absolute atomic E-state index is 0.223. The van der Waals surface area contributed by atoms with Crippen molar-refractivity contribution in [1.82, 2.24) is 5.01 Å². The average molecular weight is 206 g/mol. The highest BCUT2D eigenvalue weighted by molar-refractivity contribution is 5.38. The summed E-state index contributed by atoms with van der Waals surface area (Å²) in [5.74, 6) is 0. The molecule has 0 saturated carbocycles. The quantitative estimate of drug-likeness (QED) is 0.590. The molecule has 0 saturated heterocycles. The van der Waals surface area contributed by atoms with Crippen LogP contribution in [0.5, 0.6) is 0 Å². The first-order valence-electron chi connectivity index (χ1n) is 4.97. The van der Waals surface area contributed by atoms with Crippen molar-refractivity contribution in [3.05, 3.63) is 39.8 Å². The van der Waals surface area contributed by atoms with Gasteiger partial charge in [-0.15, -0.1) is 4.91 Å². The maximum absolute atomic E-state index is 10.4. The predicted octanol–water partition coefficient (Wildman–Crippen LogP) is 1.57. The number of nitrogens with zero attached hydrogens (tertiary/aromatic N) is 2. The lowest BCUT2D eigenvalue weighted by Crippen LogP contribution is -2.30. The molecule has 0 aromatic heterocycles. The zero-order valence-corrected chi connectivity index (χ0v) is 8.84. The Hall–Kier alpha value is -1.42. The van der Waals surface area contributed by atoms with Gasteiger partial charge < -0.3 is 5.11 Å². The van der Waals surface area contributed by atoms with Crippen molar-refractivity contribution in [2.24, 2.45) is 5.29 Å². The van der Waals surface area contributed by atoms with Crippen LogP contribution in [0.3, 0.4) is 0 Å². The van der Waals surface area contributed by atoms with Crippen molar-refractivity contribution in [2.45, 2.75) is 25.5 Å². The summed E-state index contributed by atoms with van der Waals surface area (Å²) in [6, 6.07) is 5.73. The first kappa shape index (κ1) is 10.1. The Kier molecular flexibility index (Phi) is 2.44. The molecular weight excluding hydrogens is 192 g/mol. The summed E-state index contributed by atoms with van der Waals surface area (Å²) in [5, 5.41) is 14.1. The van der Waals surface area contributed by atoms with Crippen LogP contribution in [0.4, 0.5) is 0 Å². The molecule has 15 heavy (non-hydrogen) atoms. The maximum Gasteiger partial charge on any atom is 0.102 e. The minimum atomic E-state index is -0.608. The maximum atomic E-state index is 10.4. The Balaban J connectivity index is 2.32. The van der Waals surface area contributed by atoms with Gasteiger partial charge >= 0.3 is 0 Å². The van der Waals surface area contributed by atoms with Crippen LogP contribution >= 0.6 is 0 Å². The highest BCUT2D eigenvalue weighted by atomic mass is 16.3. The van der Waals surface area contributed by atoms with E-state index >= 15 is 0 Å². The van der Waals surface area contributed by atoms with Crippen molar-refractivity contribution >= 4 is 0 Å². The molecule has 0 amide bonds. The van der Waals surface area contributed by atoms with Crippen LogP contribution in [0.15, 0.2) is 23.5 Å². The van der Waals surface area contributed by atoms with Crippen LogP contribution in [0, 0.1) is 11.8 Å². The molecule has 1 N–H and O–H groups in total. The Labute approximate surface area is 88.5 Å². The number of fused-ring (bicyclic) bond motifs is 1. The zero-order chi connectivity index (χ0) is 11.0. The summed E-state index contributed by atoms with van der Waals surface area (Å²) in [7, 11) is 1.60. The number of likely N-dealkylation sites (N-methyl/N-ethyl adjacent to an activating group) is 1. The van der Waals surface area contributed by atoms with E-state index in [4.69, 9.17) is 0 Å². The molecule has 4 heteroatoms. The minimum Gasteiger partial charge on any atom is -0.386 e. The second kappa shape index (κ2) is 3.62. The number of aryl methyl sites for hydroxylation is 1. The Bertz CT molecular complexity index is 392. The molecule has 0 aliphatic heterocycles. The fourth-order valence-corrected chi connectivity index (χ4v) is 2.14. The third kappa shape index (κ3) is 1.61. The number of hydrogen-bond donors (Lipinski definition) is 1. The molecule has 0 heterocycles. The van der Waals surface area contributed by atoms with Crippen LogP contribution in [0.25, 0.3) is 0 Å². The third-order valence-corrected chi connectivity index (χ3v) is 3.02. The van der Waals surface area contributed by atoms with Gasteiger partial charge in [0, 0.05) is 7.05 Å². The van der Waals surface area contributed by atoms with E-state index in [-0.39, 0.29) is 6.04 Å². The average Bonchev–Trinajstić information content (AvgIpc) is 2.54. The summed E-state index contributed by atoms with van der Waals surface area (Å²) in [5.41, 5.74) is 3.20. The van der Waals surface area contributed by atoms with E-state index < -0.39 is 6.10 Å². The monoisotopic (exact) mass is 206 g/mol. The van der Waals surface area contributed by atoms with Gasteiger partial charge in [0.25, 0.3) is 0 Å². The van der Waals surface area contributed by atoms with E-state index in [1.165, 1.54) is 10.6 Å². The number of benzene rings is 1. The Morgan fingerprint density at radius 3 is 2.93 bits per heavy atom. The van der Waals surface area contributed by atoms with E-state index in [2.05, 4.69) is 11.4 Å². The summed E-state index contributed by atoms with van der Waals surface area (Å²) < 4.78 is 0. The van der Waals surface area contributed by atoms with Crippen LogP contribution in [-0.2, 0) is 6.42 Å². The van der Waals surface area contributed by atoms with Crippen molar-refractivity contribution < 1.29 is 5.11 Å². The molecule has 0 radical (unpaired) electrons. The van der Waals surface area contributed by atoms with Gasteiger partial charge in [-0.1, -0.05) is 23.8 Å². The van der Waals surface area contributed by atoms with E-state index in [0.717, 1.165) is 11.1 Å². The van der Waals surface area contributed by atoms with Gasteiger partial charge in [-0.2, -0.15) is 0 Å². The van der Waals surface area contributed by atoms with Crippen LogP contribution < -0.4 is 0 Å². The second-order valence-electron chi connectivity index (χ2n) is 4.07. The van der Waals surface area contributed by atoms with Gasteiger partial charge in [-0.25, -0.2) is 0 Å². The Morgan fingerprint density at radius 1 is 1.53 bits per heavy atom. The molecular formula is C11H14N2O2. The number of aliphatic hydroxyl groups excluding tert-OH is 1. The fraction of sp³-hybridized carbons (Fsp3) is 0.455. The highest BCUT2D eigenvalue weighted by Gasteiger charge is 2.33. The Morgan fingerprint density at radius 2 is 2.27 bits per heavy atom. The van der Waals surface area contributed by atoms with Gasteiger partial charge in [0.15, 0.2) is 0 Å². The van der Waals surface area contributed by atoms with Gasteiger partial charge in [0.05, 0.1) is 11.3 Å². The molecule has 1 aromatic carbocycles. The standard InChI is InChI=1S/C11H14N2O2/c1-7-3-4-9-8(5-7)6-10(11(9)14)13(2)12-15/h3-5,10-11,14H,6H2,1-2H3/t10-,11-/m0/s1. The molecule has 2 atom stereocenters. The number of rotatable bonds is 2. The number of aliphatic hydroxyl groups is 1. The molecule has 0 spiro atoms. The van der Waals surface area contributed by atoms with Gasteiger partial charge in [-0.05, 0) is 24.5 Å². The van der Waals surface area contributed by atoms with Crippen LogP contribution in [0.1, 0.15) is 22.8 Å². The summed E-state index contributed by atoms with van der Waals surface area (Å²) in [4.78, 5) is 10.4. The van der Waals surface area contributed by atoms with Crippen molar-refractivity contribution in [1.29, 1.82) is 0 Å². The van der Waals surface area contributed by atoms with E-state index in [1.807, 2.05) is 19.1 Å². The lowest BCUT2D eigenvalue weighted by Gasteiger charge is -2.20. The first-order valence-corrected chi connectivity index (χ1v) is 4.97. The normalized spacial score (nSPS) is 23.7. The van der Waals surface area contributed by atoms with Gasteiger partial charge in [-0.3, -0.25) is 5.01 Å². The molecule has 0 fully saturated rings. The molecule has 2 rings (SSSR count). The van der Waals surface area contributed by atoms with Crippen LogP contribution in [-0.4, -0.2) is 23.2 Å². The first-order chi connectivity index (χ1) is 7.13. The summed E-state index contributed by atoms with van der Waals surface area (Å²) in [6.07, 6.45) is 0.0729. The van der Waals surface area contributed by atoms with E-state index in [9.17, 15) is 10.0 Å². The lowest BCUT2D eigenvalue weighted by molar-refractivity contribution is 0.0768. The van der Waals surface area contributed by atoms with Crippen molar-refractivity contribution in [3.63, 3.8) is 0 Å². The molecule has 1 aromatic rings. The van der Waals surface area contributed by atoms with Gasteiger partial charge in [0.2, 0.25) is 0 Å². The number of nitroso groups, excluding NO2 is 1. The molecule has 1 aliphatic carbocycles. The SMILES string of the molecule is Cc1ccc2c(c1)C[C@H](N(C)N=O)[C@H]2O. The second-order valence-corrected chi connectivity index (χ2v) is 4.07. The smallest absolute Gasteiger partial charge is 0.102 e. The lowest BCUT2D eigenvalue weighted by atomic mass is 10.1. The van der Waals surface area contributed by atoms with E-state index in [0.29, 0.717) is 6.42 Å². The van der Waals surface area contributed by atoms with Crippen molar-refractivity contribution in [2.75, 3.05) is 7.05 Å². The fourth-order valence-electron chi connectivity index (χ4n) is 2.14. The van der Waals surface area contributed by atoms with Crippen LogP contribution in [0.2, 0.25) is 0 Å². The molecule has 0 unspecified atom stereocenters.